The van der Waals surface area contributed by atoms with Crippen molar-refractivity contribution < 1.29 is 18.7 Å². The van der Waals surface area contributed by atoms with Crippen molar-refractivity contribution in [1.82, 2.24) is 0 Å². The Labute approximate surface area is 155 Å². The monoisotopic (exact) mass is 358 g/mol. The topological polar surface area (TPSA) is 35.5 Å². The van der Waals surface area contributed by atoms with Crippen LogP contribution in [0.4, 0.5) is 4.39 Å². The van der Waals surface area contributed by atoms with E-state index < -0.39 is 0 Å². The molecule has 0 heterocycles. The van der Waals surface area contributed by atoms with Crippen LogP contribution in [0, 0.1) is 11.7 Å². The average molecular weight is 358 g/mol. The number of hydrogen-bond acceptors (Lipinski definition) is 3. The number of carbonyl (C=O) groups excluding carboxylic acids is 1. The van der Waals surface area contributed by atoms with E-state index in [2.05, 4.69) is 6.92 Å². The van der Waals surface area contributed by atoms with Gasteiger partial charge in [0.2, 0.25) is 0 Å². The minimum absolute atomic E-state index is 0.159. The van der Waals surface area contributed by atoms with Crippen molar-refractivity contribution in [2.24, 2.45) is 5.92 Å². The molecular formula is C22H27FO3. The smallest absolute Gasteiger partial charge is 0.338 e. The Hall–Kier alpha value is -2.36. The van der Waals surface area contributed by atoms with Crippen LogP contribution in [0.1, 0.15) is 49.0 Å². The molecule has 0 saturated heterocycles. The Kier molecular flexibility index (Phi) is 8.13. The lowest BCUT2D eigenvalue weighted by Crippen LogP contribution is -2.16. The molecule has 2 aromatic rings. The van der Waals surface area contributed by atoms with E-state index in [9.17, 15) is 9.18 Å². The lowest BCUT2D eigenvalue weighted by molar-refractivity contribution is 0.0526. The van der Waals surface area contributed by atoms with Crippen LogP contribution in [0.15, 0.2) is 48.5 Å². The molecule has 0 aromatic heterocycles. The summed E-state index contributed by atoms with van der Waals surface area (Å²) in [4.78, 5) is 11.7. The number of unbranched alkanes of at least 4 members (excludes halogenated alkanes) is 1. The third-order valence-corrected chi connectivity index (χ3v) is 4.28. The molecule has 0 amide bonds. The van der Waals surface area contributed by atoms with Gasteiger partial charge in [-0.25, -0.2) is 9.18 Å². The second-order valence-electron chi connectivity index (χ2n) is 6.36. The van der Waals surface area contributed by atoms with Crippen molar-refractivity contribution in [3.63, 3.8) is 0 Å². The van der Waals surface area contributed by atoms with E-state index in [1.54, 1.807) is 37.3 Å². The molecule has 0 N–H and O–H groups in total. The number of rotatable bonds is 10. The van der Waals surface area contributed by atoms with Crippen LogP contribution in [0.3, 0.4) is 0 Å². The molecule has 2 aromatic carbocycles. The lowest BCUT2D eigenvalue weighted by atomic mass is 9.94. The first kappa shape index (κ1) is 20.0. The predicted molar refractivity (Wildman–Crippen MR) is 101 cm³/mol. The number of carbonyl (C=O) groups is 1. The first-order valence-electron chi connectivity index (χ1n) is 9.27. The van der Waals surface area contributed by atoms with E-state index in [1.807, 2.05) is 12.1 Å². The molecule has 2 rings (SSSR count). The quantitative estimate of drug-likeness (QED) is 0.531. The van der Waals surface area contributed by atoms with E-state index in [4.69, 9.17) is 9.47 Å². The Balaban J connectivity index is 1.95. The van der Waals surface area contributed by atoms with Gasteiger partial charge in [-0.3, -0.25) is 0 Å². The fourth-order valence-electron chi connectivity index (χ4n) is 2.83. The normalized spacial score (nSPS) is 11.8. The summed E-state index contributed by atoms with van der Waals surface area (Å²) in [6, 6.07) is 13.9. The zero-order valence-electron chi connectivity index (χ0n) is 15.5. The number of hydrogen-bond donors (Lipinski definition) is 0. The van der Waals surface area contributed by atoms with Crippen LogP contribution in [0.25, 0.3) is 0 Å². The second-order valence-corrected chi connectivity index (χ2v) is 6.36. The second kappa shape index (κ2) is 10.6. The highest BCUT2D eigenvalue weighted by Gasteiger charge is 2.14. The summed E-state index contributed by atoms with van der Waals surface area (Å²) in [5, 5.41) is 0. The summed E-state index contributed by atoms with van der Waals surface area (Å²) in [5.41, 5.74) is 1.24. The zero-order valence-corrected chi connectivity index (χ0v) is 15.5. The number of ether oxygens (including phenoxy) is 2. The van der Waals surface area contributed by atoms with E-state index >= 15 is 0 Å². The molecule has 0 fully saturated rings. The lowest BCUT2D eigenvalue weighted by Gasteiger charge is -2.18. The van der Waals surface area contributed by atoms with Gasteiger partial charge in [0.1, 0.15) is 11.6 Å². The highest BCUT2D eigenvalue weighted by molar-refractivity contribution is 5.89. The minimum atomic E-state index is -0.334. The molecule has 0 spiro atoms. The fraction of sp³-hybridized carbons (Fsp3) is 0.409. The highest BCUT2D eigenvalue weighted by atomic mass is 19.1. The summed E-state index contributed by atoms with van der Waals surface area (Å²) >= 11 is 0. The summed E-state index contributed by atoms with van der Waals surface area (Å²) in [6.07, 6.45) is 3.84. The predicted octanol–water partition coefficient (Wildman–Crippen LogP) is 5.43. The van der Waals surface area contributed by atoms with E-state index in [0.29, 0.717) is 30.9 Å². The van der Waals surface area contributed by atoms with Crippen molar-refractivity contribution in [2.45, 2.75) is 39.5 Å². The van der Waals surface area contributed by atoms with Gasteiger partial charge in [-0.15, -0.1) is 0 Å². The molecule has 1 atom stereocenters. The van der Waals surface area contributed by atoms with Crippen molar-refractivity contribution >= 4 is 5.97 Å². The standard InChI is InChI=1S/C22H27FO3/c1-3-5-8-17(15-19-9-6-7-10-21(19)23)16-26-20-13-11-18(12-14-20)22(24)25-4-2/h6-7,9-14,17H,3-5,8,15-16H2,1-2H3. The molecule has 140 valence electrons. The maximum atomic E-state index is 13.9. The van der Waals surface area contributed by atoms with E-state index in [1.165, 1.54) is 6.07 Å². The van der Waals surface area contributed by atoms with Gasteiger partial charge in [-0.2, -0.15) is 0 Å². The highest BCUT2D eigenvalue weighted by Crippen LogP contribution is 2.20. The van der Waals surface area contributed by atoms with E-state index in [-0.39, 0.29) is 17.7 Å². The first-order valence-corrected chi connectivity index (χ1v) is 9.27. The third kappa shape index (κ3) is 6.17. The number of esters is 1. The summed E-state index contributed by atoms with van der Waals surface area (Å²) in [5.74, 6) is 0.455. The van der Waals surface area contributed by atoms with Gasteiger partial charge < -0.3 is 9.47 Å². The van der Waals surface area contributed by atoms with Crippen molar-refractivity contribution in [3.05, 3.63) is 65.5 Å². The van der Waals surface area contributed by atoms with Crippen molar-refractivity contribution in [3.8, 4) is 5.75 Å². The fourth-order valence-corrected chi connectivity index (χ4v) is 2.83. The van der Waals surface area contributed by atoms with Crippen LogP contribution < -0.4 is 4.74 Å². The Bertz CT molecular complexity index is 682. The Morgan fingerprint density at radius 1 is 1.08 bits per heavy atom. The van der Waals surface area contributed by atoms with Crippen molar-refractivity contribution in [1.29, 1.82) is 0 Å². The molecule has 0 aliphatic carbocycles. The molecule has 0 saturated carbocycles. The third-order valence-electron chi connectivity index (χ3n) is 4.28. The van der Waals surface area contributed by atoms with Crippen LogP contribution in [-0.2, 0) is 11.2 Å². The zero-order chi connectivity index (χ0) is 18.8. The number of benzene rings is 2. The minimum Gasteiger partial charge on any atom is -0.493 e. The van der Waals surface area contributed by atoms with Gasteiger partial charge >= 0.3 is 5.97 Å². The molecule has 1 unspecified atom stereocenters. The van der Waals surface area contributed by atoms with Gasteiger partial charge in [-0.05, 0) is 61.6 Å². The Morgan fingerprint density at radius 3 is 2.46 bits per heavy atom. The van der Waals surface area contributed by atoms with Crippen LogP contribution in [0.5, 0.6) is 5.75 Å². The molecule has 0 radical (unpaired) electrons. The summed E-state index contributed by atoms with van der Waals surface area (Å²) in [6.45, 7) is 4.80. The van der Waals surface area contributed by atoms with Crippen LogP contribution in [-0.4, -0.2) is 19.2 Å². The van der Waals surface area contributed by atoms with Crippen molar-refractivity contribution in [2.75, 3.05) is 13.2 Å². The number of halogens is 1. The van der Waals surface area contributed by atoms with Gasteiger partial charge in [0, 0.05) is 0 Å². The summed E-state index contributed by atoms with van der Waals surface area (Å²) < 4.78 is 24.8. The Morgan fingerprint density at radius 2 is 1.81 bits per heavy atom. The average Bonchev–Trinajstić information content (AvgIpc) is 2.66. The molecule has 0 aliphatic rings. The SMILES string of the molecule is CCCCC(COc1ccc(C(=O)OCC)cc1)Cc1ccccc1F. The molecule has 3 nitrogen and oxygen atoms in total. The molecule has 4 heteroatoms. The molecular weight excluding hydrogens is 331 g/mol. The van der Waals surface area contributed by atoms with Gasteiger partial charge in [-0.1, -0.05) is 38.0 Å². The van der Waals surface area contributed by atoms with Gasteiger partial charge in [0.05, 0.1) is 18.8 Å². The molecule has 26 heavy (non-hydrogen) atoms. The summed E-state index contributed by atoms with van der Waals surface area (Å²) in [7, 11) is 0. The van der Waals surface area contributed by atoms with Crippen LogP contribution >= 0.6 is 0 Å². The van der Waals surface area contributed by atoms with Crippen LogP contribution in [0.2, 0.25) is 0 Å². The maximum absolute atomic E-state index is 13.9. The van der Waals surface area contributed by atoms with Gasteiger partial charge in [0.15, 0.2) is 0 Å². The van der Waals surface area contributed by atoms with Gasteiger partial charge in [0.25, 0.3) is 0 Å². The molecule has 0 aliphatic heterocycles. The first-order chi connectivity index (χ1) is 12.6. The maximum Gasteiger partial charge on any atom is 0.338 e. The molecule has 0 bridgehead atoms. The van der Waals surface area contributed by atoms with E-state index in [0.717, 1.165) is 24.8 Å². The largest absolute Gasteiger partial charge is 0.493 e.